The van der Waals surface area contributed by atoms with E-state index >= 15 is 0 Å². The molecule has 5 fully saturated rings. The molecule has 9 aromatic carbocycles. The first-order valence-corrected chi connectivity index (χ1v) is 26.6. The Balaban J connectivity index is 0.958. The van der Waals surface area contributed by atoms with E-state index in [-0.39, 0.29) is 0 Å². The van der Waals surface area contributed by atoms with E-state index < -0.39 is 5.41 Å². The number of rotatable bonds is 9. The third kappa shape index (κ3) is 6.71. The zero-order chi connectivity index (χ0) is 46.2. The standard InChI is InChI=1S/C69H61N/c1-5-16-50(17-6-1)61-26-15-27-64-67(61)63-39-37-59(43-65(63)69(64,55-21-9-3-10-22-55)56-23-11-4-12-24-56)70(58-35-31-54(32-36-58)68-44-47-40-48(45-68)42-49(41-47)46-68)57-33-28-52(29-34-57)62-38-30-51-18-13-14-25-60(51)66(62)53-19-7-2-8-20-53/h2-4,7-15,18-39,43,47-50H,1,5-6,16-17,40-42,44-46H2. The minimum atomic E-state index is -0.490. The first-order valence-electron chi connectivity index (χ1n) is 26.6. The average molecular weight is 904 g/mol. The summed E-state index contributed by atoms with van der Waals surface area (Å²) in [6, 6.07) is 81.5. The van der Waals surface area contributed by atoms with E-state index in [1.54, 1.807) is 5.56 Å². The van der Waals surface area contributed by atoms with Gasteiger partial charge in [0.2, 0.25) is 0 Å². The van der Waals surface area contributed by atoms with Gasteiger partial charge in [-0.2, -0.15) is 0 Å². The lowest BCUT2D eigenvalue weighted by molar-refractivity contribution is -0.00518. The highest BCUT2D eigenvalue weighted by Gasteiger charge is 2.52. The molecule has 342 valence electrons. The van der Waals surface area contributed by atoms with Gasteiger partial charge in [0.25, 0.3) is 0 Å². The van der Waals surface area contributed by atoms with Crippen LogP contribution in [0.15, 0.2) is 212 Å². The molecule has 0 unspecified atom stereocenters. The third-order valence-electron chi connectivity index (χ3n) is 18.1. The molecule has 5 saturated carbocycles. The smallest absolute Gasteiger partial charge is 0.0714 e. The van der Waals surface area contributed by atoms with Gasteiger partial charge in [0.05, 0.1) is 5.41 Å². The second-order valence-electron chi connectivity index (χ2n) is 22.0. The molecule has 15 rings (SSSR count). The van der Waals surface area contributed by atoms with E-state index in [1.807, 2.05) is 0 Å². The molecule has 0 aliphatic heterocycles. The normalized spacial score (nSPS) is 21.9. The molecule has 1 heteroatoms. The fourth-order valence-corrected chi connectivity index (χ4v) is 15.5. The van der Waals surface area contributed by atoms with Crippen molar-refractivity contribution in [3.63, 3.8) is 0 Å². The van der Waals surface area contributed by atoms with Crippen molar-refractivity contribution in [3.8, 4) is 33.4 Å². The van der Waals surface area contributed by atoms with Crippen LogP contribution < -0.4 is 4.90 Å². The van der Waals surface area contributed by atoms with Crippen LogP contribution in [0.1, 0.15) is 110 Å². The van der Waals surface area contributed by atoms with E-state index in [1.165, 1.54) is 154 Å². The maximum Gasteiger partial charge on any atom is 0.0714 e. The molecule has 0 atom stereocenters. The van der Waals surface area contributed by atoms with E-state index in [2.05, 4.69) is 217 Å². The second-order valence-corrected chi connectivity index (χ2v) is 22.0. The van der Waals surface area contributed by atoms with Gasteiger partial charge in [-0.1, -0.05) is 195 Å². The molecule has 6 aliphatic rings. The lowest BCUT2D eigenvalue weighted by Gasteiger charge is -2.57. The summed E-state index contributed by atoms with van der Waals surface area (Å²) in [5.41, 5.74) is 19.8. The predicted molar refractivity (Wildman–Crippen MR) is 292 cm³/mol. The van der Waals surface area contributed by atoms with Gasteiger partial charge < -0.3 is 4.90 Å². The van der Waals surface area contributed by atoms with Gasteiger partial charge >= 0.3 is 0 Å². The Morgan fingerprint density at radius 1 is 0.386 bits per heavy atom. The fraction of sp³-hybridized carbons (Fsp3) is 0.246. The molecule has 0 aromatic heterocycles. The van der Waals surface area contributed by atoms with Crippen LogP contribution in [-0.2, 0) is 10.8 Å². The van der Waals surface area contributed by atoms with E-state index in [4.69, 9.17) is 0 Å². The number of fused-ring (bicyclic) bond motifs is 4. The van der Waals surface area contributed by atoms with Gasteiger partial charge in [0.1, 0.15) is 0 Å². The monoisotopic (exact) mass is 903 g/mol. The van der Waals surface area contributed by atoms with E-state index in [0.29, 0.717) is 11.3 Å². The molecule has 0 amide bonds. The molecule has 6 aliphatic carbocycles. The molecule has 4 bridgehead atoms. The average Bonchev–Trinajstić information content (AvgIpc) is 3.72. The van der Waals surface area contributed by atoms with Crippen LogP contribution in [0.2, 0.25) is 0 Å². The highest BCUT2D eigenvalue weighted by Crippen LogP contribution is 2.62. The summed E-state index contributed by atoms with van der Waals surface area (Å²) in [6.45, 7) is 0. The highest BCUT2D eigenvalue weighted by molar-refractivity contribution is 6.04. The third-order valence-corrected chi connectivity index (χ3v) is 18.1. The quantitative estimate of drug-likeness (QED) is 0.139. The van der Waals surface area contributed by atoms with Crippen molar-refractivity contribution < 1.29 is 0 Å². The lowest BCUT2D eigenvalue weighted by Crippen LogP contribution is -2.48. The van der Waals surface area contributed by atoms with Crippen LogP contribution in [0.25, 0.3) is 44.2 Å². The Morgan fingerprint density at radius 3 is 1.61 bits per heavy atom. The first kappa shape index (κ1) is 42.0. The van der Waals surface area contributed by atoms with Gasteiger partial charge in [0.15, 0.2) is 0 Å². The summed E-state index contributed by atoms with van der Waals surface area (Å²) in [4.78, 5) is 2.55. The van der Waals surface area contributed by atoms with Crippen molar-refractivity contribution in [2.75, 3.05) is 4.90 Å². The minimum Gasteiger partial charge on any atom is -0.310 e. The molecule has 0 N–H and O–H groups in total. The summed E-state index contributed by atoms with van der Waals surface area (Å²) < 4.78 is 0. The summed E-state index contributed by atoms with van der Waals surface area (Å²) in [6.07, 6.45) is 15.0. The Labute approximate surface area is 414 Å². The summed E-state index contributed by atoms with van der Waals surface area (Å²) >= 11 is 0. The first-order chi connectivity index (χ1) is 34.6. The lowest BCUT2D eigenvalue weighted by atomic mass is 9.48. The minimum absolute atomic E-state index is 0.344. The molecular weight excluding hydrogens is 843 g/mol. The van der Waals surface area contributed by atoms with Gasteiger partial charge in [-0.25, -0.2) is 0 Å². The zero-order valence-corrected chi connectivity index (χ0v) is 40.2. The maximum absolute atomic E-state index is 2.58. The number of hydrogen-bond donors (Lipinski definition) is 0. The van der Waals surface area contributed by atoms with Crippen LogP contribution in [0, 0.1) is 17.8 Å². The van der Waals surface area contributed by atoms with Gasteiger partial charge in [-0.15, -0.1) is 0 Å². The van der Waals surface area contributed by atoms with E-state index in [0.717, 1.165) is 23.4 Å². The number of hydrogen-bond acceptors (Lipinski definition) is 1. The topological polar surface area (TPSA) is 3.24 Å². The molecule has 70 heavy (non-hydrogen) atoms. The van der Waals surface area contributed by atoms with Crippen molar-refractivity contribution in [1.29, 1.82) is 0 Å². The predicted octanol–water partition coefficient (Wildman–Crippen LogP) is 18.5. The Bertz CT molecular complexity index is 3290. The van der Waals surface area contributed by atoms with Crippen LogP contribution in [0.4, 0.5) is 17.1 Å². The van der Waals surface area contributed by atoms with Crippen molar-refractivity contribution in [2.24, 2.45) is 17.8 Å². The van der Waals surface area contributed by atoms with Gasteiger partial charge in [0, 0.05) is 17.1 Å². The maximum atomic E-state index is 2.58. The van der Waals surface area contributed by atoms with Gasteiger partial charge in [-0.3, -0.25) is 0 Å². The summed E-state index contributed by atoms with van der Waals surface area (Å²) in [5.74, 6) is 3.31. The molecule has 0 radical (unpaired) electrons. The summed E-state index contributed by atoms with van der Waals surface area (Å²) in [7, 11) is 0. The number of nitrogens with zero attached hydrogens (tertiary/aromatic N) is 1. The SMILES string of the molecule is c1ccc(-c2c(-c3ccc(N(c4ccc(C56CC7CC(CC(C7)C5)C6)cc4)c4ccc5c(c4)C(c4ccccc4)(c4ccccc4)c4cccc(C6CCCCC6)c4-5)cc3)ccc3ccccc23)cc1. The van der Waals surface area contributed by atoms with Crippen LogP contribution in [0.5, 0.6) is 0 Å². The molecule has 0 heterocycles. The Hall–Kier alpha value is -6.96. The van der Waals surface area contributed by atoms with Crippen molar-refractivity contribution in [3.05, 3.63) is 246 Å². The molecular formula is C69H61N. The number of benzene rings is 9. The highest BCUT2D eigenvalue weighted by atomic mass is 15.1. The van der Waals surface area contributed by atoms with E-state index in [9.17, 15) is 0 Å². The molecule has 9 aromatic rings. The van der Waals surface area contributed by atoms with Crippen LogP contribution in [-0.4, -0.2) is 0 Å². The zero-order valence-electron chi connectivity index (χ0n) is 40.2. The van der Waals surface area contributed by atoms with Gasteiger partial charge in [-0.05, 0) is 194 Å². The van der Waals surface area contributed by atoms with Crippen molar-refractivity contribution in [1.82, 2.24) is 0 Å². The largest absolute Gasteiger partial charge is 0.310 e. The molecule has 1 nitrogen and oxygen atoms in total. The Morgan fingerprint density at radius 2 is 0.957 bits per heavy atom. The number of anilines is 3. The molecule has 0 spiro atoms. The van der Waals surface area contributed by atoms with Crippen LogP contribution >= 0.6 is 0 Å². The van der Waals surface area contributed by atoms with Crippen molar-refractivity contribution in [2.45, 2.75) is 87.4 Å². The second kappa shape index (κ2) is 16.9. The summed E-state index contributed by atoms with van der Waals surface area (Å²) in [5, 5.41) is 2.54. The van der Waals surface area contributed by atoms with Crippen LogP contribution in [0.3, 0.4) is 0 Å². The Kier molecular flexibility index (Phi) is 10.1. The van der Waals surface area contributed by atoms with Crippen molar-refractivity contribution >= 4 is 27.8 Å². The fourth-order valence-electron chi connectivity index (χ4n) is 15.5. The molecule has 0 saturated heterocycles.